The molecule has 0 radical (unpaired) electrons. The topological polar surface area (TPSA) is 12.0 Å². The highest BCUT2D eigenvalue weighted by Gasteiger charge is 2.39. The lowest BCUT2D eigenvalue weighted by molar-refractivity contribution is 0.272. The second-order valence-corrected chi connectivity index (χ2v) is 7.13. The van der Waals surface area contributed by atoms with Gasteiger partial charge in [-0.1, -0.05) is 50.1 Å². The number of rotatable bonds is 3. The smallest absolute Gasteiger partial charge is 0.127 e. The van der Waals surface area contributed by atoms with Gasteiger partial charge in [0.1, 0.15) is 5.82 Å². The fourth-order valence-electron chi connectivity index (χ4n) is 2.69. The Hall–Kier alpha value is -0.710. The summed E-state index contributed by atoms with van der Waals surface area (Å²) in [6.45, 7) is 1.79. The summed E-state index contributed by atoms with van der Waals surface area (Å²) in [5.74, 6) is -0.136. The second-order valence-electron chi connectivity index (χ2n) is 5.30. The van der Waals surface area contributed by atoms with Crippen LogP contribution >= 0.6 is 31.9 Å². The van der Waals surface area contributed by atoms with Crippen molar-refractivity contribution in [2.45, 2.75) is 11.8 Å². The Balaban J connectivity index is 1.91. The molecule has 104 valence electrons. The van der Waals surface area contributed by atoms with Crippen LogP contribution in [0.15, 0.2) is 51.4 Å². The van der Waals surface area contributed by atoms with Gasteiger partial charge in [-0.25, -0.2) is 4.39 Å². The first-order chi connectivity index (χ1) is 9.59. The molecule has 1 nitrogen and oxygen atoms in total. The zero-order valence-electron chi connectivity index (χ0n) is 10.8. The molecule has 1 aliphatic rings. The van der Waals surface area contributed by atoms with Gasteiger partial charge < -0.3 is 5.32 Å². The first-order valence-corrected chi connectivity index (χ1v) is 8.08. The van der Waals surface area contributed by atoms with Crippen LogP contribution in [0.4, 0.5) is 4.39 Å². The zero-order valence-corrected chi connectivity index (χ0v) is 14.0. The molecule has 0 aromatic heterocycles. The summed E-state index contributed by atoms with van der Waals surface area (Å²) < 4.78 is 15.9. The van der Waals surface area contributed by atoms with Gasteiger partial charge in [0.25, 0.3) is 0 Å². The summed E-state index contributed by atoms with van der Waals surface area (Å²) in [5.41, 5.74) is 2.05. The summed E-state index contributed by atoms with van der Waals surface area (Å²) in [6, 6.07) is 13.7. The molecule has 0 atom stereocenters. The van der Waals surface area contributed by atoms with E-state index in [1.807, 2.05) is 24.3 Å². The van der Waals surface area contributed by atoms with Crippen LogP contribution < -0.4 is 5.32 Å². The number of hydrogen-bond donors (Lipinski definition) is 1. The zero-order chi connectivity index (χ0) is 14.2. The van der Waals surface area contributed by atoms with E-state index < -0.39 is 0 Å². The molecular weight excluding hydrogens is 385 g/mol. The Morgan fingerprint density at radius 2 is 1.65 bits per heavy atom. The van der Waals surface area contributed by atoms with Gasteiger partial charge in [-0.3, -0.25) is 0 Å². The molecule has 1 aliphatic heterocycles. The first kappa shape index (κ1) is 14.2. The van der Waals surface area contributed by atoms with Gasteiger partial charge in [0.15, 0.2) is 0 Å². The average molecular weight is 399 g/mol. The predicted octanol–water partition coefficient (Wildman–Crippen LogP) is 4.43. The van der Waals surface area contributed by atoms with Gasteiger partial charge in [-0.2, -0.15) is 0 Å². The number of halogens is 3. The maximum absolute atomic E-state index is 14.1. The molecule has 0 spiro atoms. The molecule has 2 aromatic rings. The van der Waals surface area contributed by atoms with Gasteiger partial charge >= 0.3 is 0 Å². The standard InChI is InChI=1S/C16H14Br2FN/c17-13-5-2-12(3-6-13)16(9-20-10-16)8-11-1-4-14(18)7-15(11)19/h1-7,20H,8-10H2. The maximum atomic E-state index is 14.1. The molecule has 3 rings (SSSR count). The third kappa shape index (κ3) is 2.69. The van der Waals surface area contributed by atoms with Crippen molar-refractivity contribution in [2.75, 3.05) is 13.1 Å². The Labute approximate surface area is 134 Å². The molecule has 1 fully saturated rings. The molecule has 0 unspecified atom stereocenters. The van der Waals surface area contributed by atoms with Crippen molar-refractivity contribution in [3.8, 4) is 0 Å². The van der Waals surface area contributed by atoms with E-state index >= 15 is 0 Å². The summed E-state index contributed by atoms with van der Waals surface area (Å²) in [6.07, 6.45) is 0.723. The number of nitrogens with one attached hydrogen (secondary N) is 1. The van der Waals surface area contributed by atoms with Gasteiger partial charge in [-0.15, -0.1) is 0 Å². The predicted molar refractivity (Wildman–Crippen MR) is 86.5 cm³/mol. The summed E-state index contributed by atoms with van der Waals surface area (Å²) in [7, 11) is 0. The summed E-state index contributed by atoms with van der Waals surface area (Å²) in [4.78, 5) is 0. The van der Waals surface area contributed by atoms with E-state index in [9.17, 15) is 4.39 Å². The second kappa shape index (κ2) is 5.58. The van der Waals surface area contributed by atoms with Crippen molar-refractivity contribution < 1.29 is 4.39 Å². The highest BCUT2D eigenvalue weighted by Crippen LogP contribution is 2.34. The van der Waals surface area contributed by atoms with E-state index in [0.717, 1.165) is 34.0 Å². The maximum Gasteiger partial charge on any atom is 0.127 e. The molecule has 1 saturated heterocycles. The fourth-order valence-corrected chi connectivity index (χ4v) is 3.29. The molecule has 0 saturated carbocycles. The Bertz CT molecular complexity index is 621. The van der Waals surface area contributed by atoms with Crippen molar-refractivity contribution >= 4 is 31.9 Å². The van der Waals surface area contributed by atoms with E-state index in [-0.39, 0.29) is 11.2 Å². The summed E-state index contributed by atoms with van der Waals surface area (Å²) >= 11 is 6.76. The van der Waals surface area contributed by atoms with Crippen LogP contribution in [0.5, 0.6) is 0 Å². The first-order valence-electron chi connectivity index (χ1n) is 6.50. The van der Waals surface area contributed by atoms with Gasteiger partial charge in [0.05, 0.1) is 0 Å². The lowest BCUT2D eigenvalue weighted by Gasteiger charge is -2.43. The third-order valence-electron chi connectivity index (χ3n) is 3.93. The number of hydrogen-bond acceptors (Lipinski definition) is 1. The lowest BCUT2D eigenvalue weighted by Crippen LogP contribution is -2.58. The Morgan fingerprint density at radius 3 is 2.20 bits per heavy atom. The molecular formula is C16H14Br2FN. The molecule has 0 amide bonds. The van der Waals surface area contributed by atoms with Crippen molar-refractivity contribution in [3.05, 3.63) is 68.4 Å². The van der Waals surface area contributed by atoms with Gasteiger partial charge in [0, 0.05) is 27.4 Å². The van der Waals surface area contributed by atoms with Crippen molar-refractivity contribution in [2.24, 2.45) is 0 Å². The van der Waals surface area contributed by atoms with E-state index in [1.54, 1.807) is 0 Å². The van der Waals surface area contributed by atoms with E-state index in [2.05, 4.69) is 49.3 Å². The van der Waals surface area contributed by atoms with Crippen LogP contribution in [0.1, 0.15) is 11.1 Å². The van der Waals surface area contributed by atoms with Crippen LogP contribution in [-0.4, -0.2) is 13.1 Å². The molecule has 20 heavy (non-hydrogen) atoms. The minimum Gasteiger partial charge on any atom is -0.315 e. The minimum atomic E-state index is -0.136. The third-order valence-corrected chi connectivity index (χ3v) is 4.95. The summed E-state index contributed by atoms with van der Waals surface area (Å²) in [5, 5.41) is 3.32. The van der Waals surface area contributed by atoms with E-state index in [1.165, 1.54) is 11.6 Å². The highest BCUT2D eigenvalue weighted by atomic mass is 79.9. The monoisotopic (exact) mass is 397 g/mol. The van der Waals surface area contributed by atoms with Crippen LogP contribution in [0.25, 0.3) is 0 Å². The van der Waals surface area contributed by atoms with Gasteiger partial charge in [-0.05, 0) is 41.8 Å². The Kier molecular flexibility index (Phi) is 3.98. The normalized spacial score (nSPS) is 16.8. The van der Waals surface area contributed by atoms with Crippen LogP contribution in [-0.2, 0) is 11.8 Å². The van der Waals surface area contributed by atoms with Crippen LogP contribution in [0.3, 0.4) is 0 Å². The quantitative estimate of drug-likeness (QED) is 0.806. The fraction of sp³-hybridized carbons (Fsp3) is 0.250. The molecule has 0 aliphatic carbocycles. The van der Waals surface area contributed by atoms with Crippen LogP contribution in [0.2, 0.25) is 0 Å². The Morgan fingerprint density at radius 1 is 1.00 bits per heavy atom. The average Bonchev–Trinajstić information content (AvgIpc) is 2.37. The highest BCUT2D eigenvalue weighted by molar-refractivity contribution is 9.10. The van der Waals surface area contributed by atoms with Crippen molar-refractivity contribution in [1.82, 2.24) is 5.32 Å². The van der Waals surface area contributed by atoms with E-state index in [0.29, 0.717) is 0 Å². The SMILES string of the molecule is Fc1cc(Br)ccc1CC1(c2ccc(Br)cc2)CNC1. The molecule has 4 heteroatoms. The van der Waals surface area contributed by atoms with Gasteiger partial charge in [0.2, 0.25) is 0 Å². The lowest BCUT2D eigenvalue weighted by atomic mass is 9.71. The van der Waals surface area contributed by atoms with Crippen molar-refractivity contribution in [3.63, 3.8) is 0 Å². The molecule has 1 N–H and O–H groups in total. The molecule has 2 aromatic carbocycles. The van der Waals surface area contributed by atoms with Crippen molar-refractivity contribution in [1.29, 1.82) is 0 Å². The number of benzene rings is 2. The molecule has 0 bridgehead atoms. The molecule has 1 heterocycles. The van der Waals surface area contributed by atoms with Crippen LogP contribution in [0, 0.1) is 5.82 Å². The van der Waals surface area contributed by atoms with E-state index in [4.69, 9.17) is 0 Å². The largest absolute Gasteiger partial charge is 0.315 e. The minimum absolute atomic E-state index is 0.00930.